The van der Waals surface area contributed by atoms with Gasteiger partial charge in [0, 0.05) is 31.5 Å². The van der Waals surface area contributed by atoms with Gasteiger partial charge in [0.05, 0.1) is 28.8 Å². The molecule has 1 atom stereocenters. The van der Waals surface area contributed by atoms with Gasteiger partial charge < -0.3 is 19.5 Å². The molecule has 8 rings (SSSR count). The third-order valence-electron chi connectivity index (χ3n) is 9.42. The molecule has 1 N–H and O–H groups in total. The molecule has 8 bridgehead atoms. The number of anilines is 1. The number of carbonyl (C=O) groups is 1. The van der Waals surface area contributed by atoms with Crippen LogP contribution in [0.1, 0.15) is 74.5 Å². The Bertz CT molecular complexity index is 1680. The largest absolute Gasteiger partial charge is 0.493 e. The molecule has 4 aliphatic heterocycles. The number of rotatable bonds is 2. The topological polar surface area (TPSA) is 97.7 Å². The first-order chi connectivity index (χ1) is 20.9. The van der Waals surface area contributed by atoms with Crippen LogP contribution >= 0.6 is 11.3 Å². The minimum Gasteiger partial charge on any atom is -0.493 e. The quantitative estimate of drug-likeness (QED) is 0.259. The molecule has 2 aromatic carbocycles. The Labute approximate surface area is 256 Å². The van der Waals surface area contributed by atoms with Crippen molar-refractivity contribution in [1.29, 1.82) is 0 Å². The highest BCUT2D eigenvalue weighted by Crippen LogP contribution is 2.44. The van der Waals surface area contributed by atoms with Crippen molar-refractivity contribution in [3.63, 3.8) is 0 Å². The van der Waals surface area contributed by atoms with E-state index >= 15 is 0 Å². The van der Waals surface area contributed by atoms with E-state index in [2.05, 4.69) is 35.0 Å². The van der Waals surface area contributed by atoms with Crippen LogP contribution in [0.4, 0.5) is 5.95 Å². The molecule has 4 aliphatic rings. The van der Waals surface area contributed by atoms with Gasteiger partial charge in [-0.1, -0.05) is 18.9 Å². The second-order valence-corrected chi connectivity index (χ2v) is 13.4. The van der Waals surface area contributed by atoms with E-state index in [-0.39, 0.29) is 12.0 Å². The number of hydrogen-bond acceptors (Lipinski definition) is 8. The number of aliphatic carboxylic acids is 1. The molecule has 6 heterocycles. The summed E-state index contributed by atoms with van der Waals surface area (Å²) in [5.41, 5.74) is 6.51. The van der Waals surface area contributed by atoms with Gasteiger partial charge in [0.2, 0.25) is 5.95 Å². The van der Waals surface area contributed by atoms with Crippen LogP contribution in [0.15, 0.2) is 36.5 Å². The maximum Gasteiger partial charge on any atom is 0.307 e. The normalized spacial score (nSPS) is 22.3. The third kappa shape index (κ3) is 5.60. The molecule has 8 nitrogen and oxygen atoms in total. The summed E-state index contributed by atoms with van der Waals surface area (Å²) in [7, 11) is 0. The first-order valence-corrected chi connectivity index (χ1v) is 16.3. The van der Waals surface area contributed by atoms with Crippen LogP contribution in [-0.4, -0.2) is 57.9 Å². The van der Waals surface area contributed by atoms with Gasteiger partial charge in [0.25, 0.3) is 0 Å². The van der Waals surface area contributed by atoms with Crippen LogP contribution in [-0.2, 0) is 16.0 Å². The van der Waals surface area contributed by atoms with E-state index in [0.29, 0.717) is 11.9 Å². The number of aromatic nitrogens is 3. The van der Waals surface area contributed by atoms with Crippen LogP contribution in [0.2, 0.25) is 0 Å². The number of ether oxygens (including phenoxy) is 2. The Morgan fingerprint density at radius 3 is 2.79 bits per heavy atom. The molecule has 0 spiro atoms. The lowest BCUT2D eigenvalue weighted by Crippen LogP contribution is -2.45. The first kappa shape index (κ1) is 28.2. The fraction of sp³-hybridized carbons (Fsp3) is 0.471. The van der Waals surface area contributed by atoms with Gasteiger partial charge in [-0.3, -0.25) is 4.79 Å². The SMILES string of the molecule is Cc1cc2nc3sc2c(c1CC(=O)O)-c1ccc2c(c1)C(CCCCCOC1(C)CCN(CC1)c1nccc-3n1)CCO2. The van der Waals surface area contributed by atoms with E-state index in [1.807, 2.05) is 25.3 Å². The smallest absolute Gasteiger partial charge is 0.307 e. The van der Waals surface area contributed by atoms with Crippen molar-refractivity contribution < 1.29 is 19.4 Å². The second kappa shape index (κ2) is 11.5. The fourth-order valence-corrected chi connectivity index (χ4v) is 7.99. The van der Waals surface area contributed by atoms with E-state index in [1.165, 1.54) is 5.56 Å². The highest BCUT2D eigenvalue weighted by Gasteiger charge is 2.32. The first-order valence-electron chi connectivity index (χ1n) is 15.5. The Kier molecular flexibility index (Phi) is 7.55. The molecule has 0 saturated carbocycles. The van der Waals surface area contributed by atoms with Gasteiger partial charge in [0.15, 0.2) is 0 Å². The van der Waals surface area contributed by atoms with Crippen molar-refractivity contribution in [2.75, 3.05) is 31.2 Å². The van der Waals surface area contributed by atoms with E-state index in [1.54, 1.807) is 11.3 Å². The third-order valence-corrected chi connectivity index (χ3v) is 10.5. The highest BCUT2D eigenvalue weighted by molar-refractivity contribution is 7.22. The molecule has 4 aromatic rings. The number of nitrogens with zero attached hydrogens (tertiary/aromatic N) is 4. The van der Waals surface area contributed by atoms with Crippen molar-refractivity contribution in [3.8, 4) is 27.6 Å². The molecule has 0 radical (unpaired) electrons. The van der Waals surface area contributed by atoms with E-state index < -0.39 is 5.97 Å². The number of hydrogen-bond donors (Lipinski definition) is 1. The molecule has 1 fully saturated rings. The standard InChI is InChI=1S/C34H38N4O4S/c1-21-18-27-31-30(24(21)20-29(39)40)23-7-8-28-25(19-23)22(10-17-41-28)6-4-3-5-16-42-34(2)11-14-38(15-12-34)33-35-13-9-26(37-33)32(36-27)43-31/h7-9,13,18-19,22H,3-6,10-12,14-17,20H2,1-2H3,(H,39,40). The number of carboxylic acids is 1. The predicted molar refractivity (Wildman–Crippen MR) is 169 cm³/mol. The van der Waals surface area contributed by atoms with Gasteiger partial charge in [0.1, 0.15) is 16.5 Å². The highest BCUT2D eigenvalue weighted by atomic mass is 32.1. The van der Waals surface area contributed by atoms with E-state index in [4.69, 9.17) is 19.4 Å². The molecular weight excluding hydrogens is 560 g/mol. The van der Waals surface area contributed by atoms with Gasteiger partial charge in [-0.15, -0.1) is 11.3 Å². The summed E-state index contributed by atoms with van der Waals surface area (Å²) in [6.07, 6.45) is 9.10. The zero-order chi connectivity index (χ0) is 29.6. The van der Waals surface area contributed by atoms with E-state index in [0.717, 1.165) is 120 Å². The minimum atomic E-state index is -0.841. The second-order valence-electron chi connectivity index (χ2n) is 12.4. The van der Waals surface area contributed by atoms with Crippen LogP contribution in [0.5, 0.6) is 5.75 Å². The number of carboxylic acid groups (broad SMARTS) is 1. The Morgan fingerprint density at radius 2 is 1.95 bits per heavy atom. The lowest BCUT2D eigenvalue weighted by atomic mass is 9.85. The molecule has 224 valence electrons. The molecular formula is C34H38N4O4S. The lowest BCUT2D eigenvalue weighted by molar-refractivity contribution is -0.136. The maximum absolute atomic E-state index is 12.1. The van der Waals surface area contributed by atoms with Gasteiger partial charge in [-0.05, 0) is 98.4 Å². The summed E-state index contributed by atoms with van der Waals surface area (Å²) >= 11 is 1.58. The van der Waals surface area contributed by atoms with E-state index in [9.17, 15) is 9.90 Å². The molecule has 1 saturated heterocycles. The van der Waals surface area contributed by atoms with Crippen LogP contribution < -0.4 is 9.64 Å². The monoisotopic (exact) mass is 598 g/mol. The summed E-state index contributed by atoms with van der Waals surface area (Å²) in [5, 5.41) is 10.7. The average Bonchev–Trinajstić information content (AvgIpc) is 3.42. The summed E-state index contributed by atoms with van der Waals surface area (Å²) in [6, 6.07) is 10.3. The molecule has 9 heteroatoms. The minimum absolute atomic E-state index is 0.0467. The van der Waals surface area contributed by atoms with Gasteiger partial charge in [-0.25, -0.2) is 15.0 Å². The van der Waals surface area contributed by atoms with Crippen LogP contribution in [0.3, 0.4) is 0 Å². The Hall–Kier alpha value is -3.56. The van der Waals surface area contributed by atoms with Crippen molar-refractivity contribution in [2.24, 2.45) is 0 Å². The number of benzene rings is 2. The molecule has 0 amide bonds. The van der Waals surface area contributed by atoms with Crippen LogP contribution in [0, 0.1) is 6.92 Å². The lowest BCUT2D eigenvalue weighted by Gasteiger charge is -2.39. The zero-order valence-electron chi connectivity index (χ0n) is 24.9. The maximum atomic E-state index is 12.1. The fourth-order valence-electron chi connectivity index (χ4n) is 6.88. The molecule has 0 aliphatic carbocycles. The van der Waals surface area contributed by atoms with Crippen molar-refractivity contribution in [3.05, 3.63) is 53.2 Å². The molecule has 2 aromatic heterocycles. The van der Waals surface area contributed by atoms with Crippen molar-refractivity contribution >= 4 is 33.5 Å². The van der Waals surface area contributed by atoms with Gasteiger partial charge in [-0.2, -0.15) is 0 Å². The predicted octanol–water partition coefficient (Wildman–Crippen LogP) is 7.17. The van der Waals surface area contributed by atoms with Crippen LogP contribution in [0.25, 0.3) is 32.0 Å². The van der Waals surface area contributed by atoms with Crippen molar-refractivity contribution in [1.82, 2.24) is 15.0 Å². The summed E-state index contributed by atoms with van der Waals surface area (Å²) in [4.78, 5) is 29.0. The number of aryl methyl sites for hydroxylation is 1. The zero-order valence-corrected chi connectivity index (χ0v) is 25.7. The van der Waals surface area contributed by atoms with Gasteiger partial charge >= 0.3 is 5.97 Å². The molecule has 1 unspecified atom stereocenters. The Balaban J connectivity index is 1.38. The summed E-state index contributed by atoms with van der Waals surface area (Å²) < 4.78 is 13.5. The number of thiazole rings is 1. The van der Waals surface area contributed by atoms with Crippen molar-refractivity contribution in [2.45, 2.75) is 76.7 Å². The Morgan fingerprint density at radius 1 is 1.09 bits per heavy atom. The number of piperidine rings is 1. The number of fused-ring (bicyclic) bond motifs is 7. The summed E-state index contributed by atoms with van der Waals surface area (Å²) in [6.45, 7) is 7.46. The summed E-state index contributed by atoms with van der Waals surface area (Å²) in [5.74, 6) is 1.24. The molecule has 43 heavy (non-hydrogen) atoms. The average molecular weight is 599 g/mol.